The van der Waals surface area contributed by atoms with Gasteiger partial charge in [0.05, 0.1) is 17.3 Å². The molecule has 0 bridgehead atoms. The summed E-state index contributed by atoms with van der Waals surface area (Å²) in [6.45, 7) is 1.68. The van der Waals surface area contributed by atoms with Crippen molar-refractivity contribution in [3.05, 3.63) is 29.8 Å². The van der Waals surface area contributed by atoms with Crippen LogP contribution < -0.4 is 15.8 Å². The Morgan fingerprint density at radius 1 is 1.26 bits per heavy atom. The number of carbonyl (C=O) groups excluding carboxylic acids is 1. The lowest BCUT2D eigenvalue weighted by Gasteiger charge is -2.05. The molecule has 1 aromatic heterocycles. The van der Waals surface area contributed by atoms with Gasteiger partial charge in [-0.1, -0.05) is 35.2 Å². The van der Waals surface area contributed by atoms with Crippen LogP contribution in [0.15, 0.2) is 33.5 Å². The number of carbonyl (C=O) groups is 1. The van der Waals surface area contributed by atoms with E-state index in [9.17, 15) is 13.2 Å². The summed E-state index contributed by atoms with van der Waals surface area (Å²) >= 11 is 2.70. The molecule has 1 aromatic carbocycles. The van der Waals surface area contributed by atoms with Crippen molar-refractivity contribution in [2.45, 2.75) is 15.7 Å². The zero-order valence-electron chi connectivity index (χ0n) is 14.7. The number of nitrogens with two attached hydrogens (primary N) is 1. The second-order valence-electron chi connectivity index (χ2n) is 5.37. The average Bonchev–Trinajstić information content (AvgIpc) is 3.08. The standard InChI is InChI=1S/C15H21N5O4S3/c1-24-9-8-18-14-19-20-15(26-14)25-10-13(21)17-7-6-11-2-4-12(5-3-11)27(16,22)23/h2-5H,6-10H2,1H3,(H,17,21)(H,18,19)(H2,16,22,23). The summed E-state index contributed by atoms with van der Waals surface area (Å²) in [5.41, 5.74) is 0.909. The van der Waals surface area contributed by atoms with Crippen molar-refractivity contribution in [1.82, 2.24) is 15.5 Å². The molecule has 148 valence electrons. The number of rotatable bonds is 11. The van der Waals surface area contributed by atoms with Crippen molar-refractivity contribution in [1.29, 1.82) is 0 Å². The molecule has 0 aliphatic heterocycles. The SMILES string of the molecule is COCCNc1nnc(SCC(=O)NCCc2ccc(S(N)(=O)=O)cc2)s1. The number of benzene rings is 1. The molecule has 12 heteroatoms. The molecule has 0 aliphatic carbocycles. The van der Waals surface area contributed by atoms with E-state index in [0.717, 1.165) is 5.56 Å². The normalized spacial score (nSPS) is 11.3. The number of hydrogen-bond donors (Lipinski definition) is 3. The van der Waals surface area contributed by atoms with Gasteiger partial charge in [0.25, 0.3) is 0 Å². The van der Waals surface area contributed by atoms with Crippen LogP contribution in [-0.2, 0) is 26.0 Å². The maximum Gasteiger partial charge on any atom is 0.238 e. The topological polar surface area (TPSA) is 136 Å². The molecule has 2 aromatic rings. The molecule has 0 saturated heterocycles. The summed E-state index contributed by atoms with van der Waals surface area (Å²) in [4.78, 5) is 12.0. The predicted molar refractivity (Wildman–Crippen MR) is 106 cm³/mol. The number of aromatic nitrogens is 2. The summed E-state index contributed by atoms with van der Waals surface area (Å²) in [5, 5.41) is 19.6. The molecule has 27 heavy (non-hydrogen) atoms. The second kappa shape index (κ2) is 10.6. The lowest BCUT2D eigenvalue weighted by atomic mass is 10.1. The molecular formula is C15H21N5O4S3. The summed E-state index contributed by atoms with van der Waals surface area (Å²) in [6, 6.07) is 6.27. The first-order chi connectivity index (χ1) is 12.9. The van der Waals surface area contributed by atoms with Crippen LogP contribution in [0, 0.1) is 0 Å². The first-order valence-corrected chi connectivity index (χ1v) is 11.3. The van der Waals surface area contributed by atoms with Crippen LogP contribution in [0.4, 0.5) is 5.13 Å². The third kappa shape index (κ3) is 7.81. The highest BCUT2D eigenvalue weighted by molar-refractivity contribution is 8.01. The Morgan fingerprint density at radius 2 is 2.00 bits per heavy atom. The molecule has 0 spiro atoms. The molecule has 9 nitrogen and oxygen atoms in total. The van der Waals surface area contributed by atoms with Crippen LogP contribution in [0.1, 0.15) is 5.56 Å². The van der Waals surface area contributed by atoms with E-state index in [1.54, 1.807) is 19.2 Å². The number of nitrogens with one attached hydrogen (secondary N) is 2. The molecule has 0 saturated carbocycles. The van der Waals surface area contributed by atoms with E-state index in [4.69, 9.17) is 9.88 Å². The fourth-order valence-electron chi connectivity index (χ4n) is 1.97. The minimum atomic E-state index is -3.69. The Balaban J connectivity index is 1.67. The van der Waals surface area contributed by atoms with Gasteiger partial charge in [-0.3, -0.25) is 4.79 Å². The van der Waals surface area contributed by atoms with Crippen molar-refractivity contribution < 1.29 is 17.9 Å². The summed E-state index contributed by atoms with van der Waals surface area (Å²) in [6.07, 6.45) is 0.591. The third-order valence-corrected chi connectivity index (χ3v) is 6.25. The second-order valence-corrected chi connectivity index (χ2v) is 9.13. The average molecular weight is 432 g/mol. The lowest BCUT2D eigenvalue weighted by Crippen LogP contribution is -2.27. The lowest BCUT2D eigenvalue weighted by molar-refractivity contribution is -0.118. The molecule has 4 N–H and O–H groups in total. The fourth-order valence-corrected chi connectivity index (χ4v) is 4.09. The van der Waals surface area contributed by atoms with E-state index in [2.05, 4.69) is 20.8 Å². The largest absolute Gasteiger partial charge is 0.383 e. The van der Waals surface area contributed by atoms with Gasteiger partial charge >= 0.3 is 0 Å². The van der Waals surface area contributed by atoms with Gasteiger partial charge in [0.15, 0.2) is 4.34 Å². The van der Waals surface area contributed by atoms with Crippen molar-refractivity contribution in [3.63, 3.8) is 0 Å². The molecule has 0 fully saturated rings. The van der Waals surface area contributed by atoms with Crippen LogP contribution in [0.3, 0.4) is 0 Å². The van der Waals surface area contributed by atoms with Gasteiger partial charge in [-0.15, -0.1) is 10.2 Å². The highest BCUT2D eigenvalue weighted by Gasteiger charge is 2.09. The number of thioether (sulfide) groups is 1. The molecule has 1 heterocycles. The number of primary sulfonamides is 1. The molecule has 2 rings (SSSR count). The fraction of sp³-hybridized carbons (Fsp3) is 0.400. The van der Waals surface area contributed by atoms with E-state index in [1.807, 2.05) is 0 Å². The van der Waals surface area contributed by atoms with Crippen LogP contribution >= 0.6 is 23.1 Å². The molecule has 0 atom stereocenters. The third-order valence-electron chi connectivity index (χ3n) is 3.30. The first kappa shape index (κ1) is 21.6. The predicted octanol–water partition coefficient (Wildman–Crippen LogP) is 0.695. The van der Waals surface area contributed by atoms with Gasteiger partial charge < -0.3 is 15.4 Å². The van der Waals surface area contributed by atoms with Crippen molar-refractivity contribution >= 4 is 44.2 Å². The van der Waals surface area contributed by atoms with E-state index >= 15 is 0 Å². The van der Waals surface area contributed by atoms with Crippen LogP contribution in [0.2, 0.25) is 0 Å². The van der Waals surface area contributed by atoms with Gasteiger partial charge in [0.2, 0.25) is 21.1 Å². The molecular weight excluding hydrogens is 410 g/mol. The van der Waals surface area contributed by atoms with E-state index in [0.29, 0.717) is 35.6 Å². The maximum atomic E-state index is 11.9. The highest BCUT2D eigenvalue weighted by atomic mass is 32.2. The Kier molecular flexibility index (Phi) is 8.44. The van der Waals surface area contributed by atoms with E-state index in [1.165, 1.54) is 35.2 Å². The minimum Gasteiger partial charge on any atom is -0.383 e. The zero-order valence-corrected chi connectivity index (χ0v) is 17.1. The number of ether oxygens (including phenoxy) is 1. The van der Waals surface area contributed by atoms with Crippen LogP contribution in [0.25, 0.3) is 0 Å². The van der Waals surface area contributed by atoms with Crippen molar-refractivity contribution in [3.8, 4) is 0 Å². The number of sulfonamides is 1. The number of nitrogens with zero attached hydrogens (tertiary/aromatic N) is 2. The van der Waals surface area contributed by atoms with Gasteiger partial charge in [0, 0.05) is 20.2 Å². The van der Waals surface area contributed by atoms with Gasteiger partial charge in [-0.2, -0.15) is 0 Å². The van der Waals surface area contributed by atoms with E-state index < -0.39 is 10.0 Å². The van der Waals surface area contributed by atoms with Crippen LogP contribution in [-0.4, -0.2) is 57.1 Å². The Labute approximate surface area is 166 Å². The molecule has 1 amide bonds. The Hall–Kier alpha value is -1.73. The van der Waals surface area contributed by atoms with Crippen molar-refractivity contribution in [2.24, 2.45) is 5.14 Å². The number of amides is 1. The van der Waals surface area contributed by atoms with Gasteiger partial charge in [-0.05, 0) is 24.1 Å². The smallest absolute Gasteiger partial charge is 0.238 e. The number of hydrogen-bond acceptors (Lipinski definition) is 9. The summed E-state index contributed by atoms with van der Waals surface area (Å²) < 4.78 is 28.1. The van der Waals surface area contributed by atoms with Crippen LogP contribution in [0.5, 0.6) is 0 Å². The van der Waals surface area contributed by atoms with Gasteiger partial charge in [0.1, 0.15) is 0 Å². The number of anilines is 1. The summed E-state index contributed by atoms with van der Waals surface area (Å²) in [5.74, 6) is 0.141. The highest BCUT2D eigenvalue weighted by Crippen LogP contribution is 2.24. The monoisotopic (exact) mass is 431 g/mol. The minimum absolute atomic E-state index is 0.0693. The van der Waals surface area contributed by atoms with E-state index in [-0.39, 0.29) is 16.6 Å². The van der Waals surface area contributed by atoms with Crippen molar-refractivity contribution in [2.75, 3.05) is 37.9 Å². The quantitative estimate of drug-likeness (QED) is 0.349. The zero-order chi connectivity index (χ0) is 19.7. The van der Waals surface area contributed by atoms with Gasteiger partial charge in [-0.25, -0.2) is 13.6 Å². The Bertz CT molecular complexity index is 839. The first-order valence-electron chi connectivity index (χ1n) is 7.96. The molecule has 0 unspecified atom stereocenters. The molecule has 0 aliphatic rings. The Morgan fingerprint density at radius 3 is 2.67 bits per heavy atom. The molecule has 0 radical (unpaired) electrons. The summed E-state index contributed by atoms with van der Waals surface area (Å²) in [7, 11) is -2.06. The number of methoxy groups -OCH3 is 1. The maximum absolute atomic E-state index is 11.9.